The Morgan fingerprint density at radius 1 is 1.56 bits per heavy atom. The van der Waals surface area contributed by atoms with Crippen molar-refractivity contribution >= 4 is 17.2 Å². The van der Waals surface area contributed by atoms with Crippen molar-refractivity contribution in [2.45, 2.75) is 20.4 Å². The lowest BCUT2D eigenvalue weighted by Gasteiger charge is -2.09. The molecule has 2 heterocycles. The molecule has 6 heteroatoms. The van der Waals surface area contributed by atoms with Crippen molar-refractivity contribution in [2.75, 3.05) is 0 Å². The minimum atomic E-state index is -0.162. The summed E-state index contributed by atoms with van der Waals surface area (Å²) in [4.78, 5) is 31.0. The Kier molecular flexibility index (Phi) is 3.57. The van der Waals surface area contributed by atoms with Gasteiger partial charge in [-0.1, -0.05) is 0 Å². The third kappa shape index (κ3) is 2.65. The van der Waals surface area contributed by atoms with Crippen LogP contribution in [0, 0.1) is 6.92 Å². The summed E-state index contributed by atoms with van der Waals surface area (Å²) < 4.78 is 0. The summed E-state index contributed by atoms with van der Waals surface area (Å²) in [7, 11) is 0. The van der Waals surface area contributed by atoms with Crippen LogP contribution in [0.1, 0.15) is 18.2 Å². The topological polar surface area (TPSA) is 74.8 Å². The number of hydrogen-bond acceptors (Lipinski definition) is 4. The van der Waals surface area contributed by atoms with E-state index in [1.165, 1.54) is 24.3 Å². The summed E-state index contributed by atoms with van der Waals surface area (Å²) in [6.45, 7) is 3.47. The van der Waals surface area contributed by atoms with Gasteiger partial charge < -0.3 is 10.3 Å². The van der Waals surface area contributed by atoms with E-state index in [-0.39, 0.29) is 17.9 Å². The predicted molar refractivity (Wildman–Crippen MR) is 70.4 cm³/mol. The molecule has 2 aromatic heterocycles. The molecule has 0 spiro atoms. The first kappa shape index (κ1) is 12.5. The summed E-state index contributed by atoms with van der Waals surface area (Å²) in [6, 6.07) is 1.53. The summed E-state index contributed by atoms with van der Waals surface area (Å²) in [5.41, 5.74) is 3.70. The van der Waals surface area contributed by atoms with Gasteiger partial charge in [-0.25, -0.2) is 0 Å². The standard InChI is InChI=1S/C12H13N3O2S/c1-7-3-10(17)9(4-14-8(2)16)12(15-7)11-5-13-6-18-11/h3,5-6H,4H2,1-2H3,(H,14,16)(H,15,17). The van der Waals surface area contributed by atoms with Gasteiger partial charge in [0, 0.05) is 37.0 Å². The molecule has 0 aliphatic carbocycles. The van der Waals surface area contributed by atoms with E-state index in [1.54, 1.807) is 11.7 Å². The highest BCUT2D eigenvalue weighted by Gasteiger charge is 2.12. The first-order chi connectivity index (χ1) is 8.58. The van der Waals surface area contributed by atoms with E-state index in [4.69, 9.17) is 0 Å². The highest BCUT2D eigenvalue weighted by atomic mass is 32.1. The molecular weight excluding hydrogens is 250 g/mol. The van der Waals surface area contributed by atoms with Gasteiger partial charge in [-0.2, -0.15) is 0 Å². The lowest BCUT2D eigenvalue weighted by molar-refractivity contribution is -0.119. The van der Waals surface area contributed by atoms with Crippen molar-refractivity contribution < 1.29 is 4.79 Å². The highest BCUT2D eigenvalue weighted by Crippen LogP contribution is 2.23. The monoisotopic (exact) mass is 263 g/mol. The van der Waals surface area contributed by atoms with E-state index >= 15 is 0 Å². The van der Waals surface area contributed by atoms with Gasteiger partial charge in [-0.05, 0) is 6.92 Å². The number of aromatic nitrogens is 2. The molecule has 0 bridgehead atoms. The van der Waals surface area contributed by atoms with Crippen LogP contribution in [-0.4, -0.2) is 15.9 Å². The number of H-pyrrole nitrogens is 1. The number of amides is 1. The van der Waals surface area contributed by atoms with Crippen molar-refractivity contribution in [3.05, 3.63) is 39.3 Å². The number of aryl methyl sites for hydroxylation is 1. The highest BCUT2D eigenvalue weighted by molar-refractivity contribution is 7.13. The molecule has 0 atom stereocenters. The summed E-state index contributed by atoms with van der Waals surface area (Å²) >= 11 is 1.45. The van der Waals surface area contributed by atoms with Crippen molar-refractivity contribution in [3.63, 3.8) is 0 Å². The number of nitrogens with zero attached hydrogens (tertiary/aromatic N) is 1. The third-order valence-electron chi connectivity index (χ3n) is 2.46. The molecule has 0 saturated carbocycles. The van der Waals surface area contributed by atoms with Crippen LogP contribution in [0.3, 0.4) is 0 Å². The van der Waals surface area contributed by atoms with E-state index in [9.17, 15) is 9.59 Å². The molecule has 0 aliphatic heterocycles. The van der Waals surface area contributed by atoms with Crippen LogP contribution in [0.25, 0.3) is 10.6 Å². The van der Waals surface area contributed by atoms with Crippen molar-refractivity contribution in [1.82, 2.24) is 15.3 Å². The molecule has 0 unspecified atom stereocenters. The molecule has 2 N–H and O–H groups in total. The second-order valence-electron chi connectivity index (χ2n) is 3.95. The minimum Gasteiger partial charge on any atom is -0.357 e. The average molecular weight is 263 g/mol. The van der Waals surface area contributed by atoms with Crippen molar-refractivity contribution in [3.8, 4) is 10.6 Å². The predicted octanol–water partition coefficient (Wildman–Crippen LogP) is 1.44. The van der Waals surface area contributed by atoms with Crippen LogP contribution in [0.15, 0.2) is 22.6 Å². The molecule has 18 heavy (non-hydrogen) atoms. The quantitative estimate of drug-likeness (QED) is 0.880. The van der Waals surface area contributed by atoms with Gasteiger partial charge in [0.1, 0.15) is 0 Å². The Morgan fingerprint density at radius 3 is 2.94 bits per heavy atom. The average Bonchev–Trinajstić information content (AvgIpc) is 2.79. The fourth-order valence-electron chi connectivity index (χ4n) is 1.65. The molecule has 0 saturated heterocycles. The number of pyridine rings is 1. The van der Waals surface area contributed by atoms with Crippen LogP contribution in [0.4, 0.5) is 0 Å². The van der Waals surface area contributed by atoms with Gasteiger partial charge >= 0.3 is 0 Å². The van der Waals surface area contributed by atoms with Gasteiger partial charge in [0.2, 0.25) is 5.91 Å². The number of rotatable bonds is 3. The Hall–Kier alpha value is -1.95. The molecule has 2 rings (SSSR count). The smallest absolute Gasteiger partial charge is 0.217 e. The zero-order valence-electron chi connectivity index (χ0n) is 10.1. The Balaban J connectivity index is 2.49. The number of aromatic amines is 1. The van der Waals surface area contributed by atoms with Crippen LogP contribution < -0.4 is 10.7 Å². The second kappa shape index (κ2) is 5.14. The second-order valence-corrected chi connectivity index (χ2v) is 4.83. The molecule has 2 aromatic rings. The molecule has 0 fully saturated rings. The number of thiazole rings is 1. The summed E-state index contributed by atoms with van der Waals surface area (Å²) in [5, 5.41) is 2.65. The first-order valence-corrected chi connectivity index (χ1v) is 6.32. The van der Waals surface area contributed by atoms with Crippen molar-refractivity contribution in [2.24, 2.45) is 0 Å². The summed E-state index contributed by atoms with van der Waals surface area (Å²) in [6.07, 6.45) is 1.70. The lowest BCUT2D eigenvalue weighted by Crippen LogP contribution is -2.24. The van der Waals surface area contributed by atoms with Gasteiger partial charge in [-0.3, -0.25) is 14.6 Å². The largest absolute Gasteiger partial charge is 0.357 e. The van der Waals surface area contributed by atoms with Crippen LogP contribution in [0.2, 0.25) is 0 Å². The molecule has 1 amide bonds. The normalized spacial score (nSPS) is 10.3. The maximum absolute atomic E-state index is 12.0. The number of carbonyl (C=O) groups excluding carboxylic acids is 1. The van der Waals surface area contributed by atoms with E-state index < -0.39 is 0 Å². The Morgan fingerprint density at radius 2 is 2.33 bits per heavy atom. The van der Waals surface area contributed by atoms with E-state index in [0.717, 1.165) is 16.3 Å². The Labute approximate surface area is 108 Å². The number of hydrogen-bond donors (Lipinski definition) is 2. The van der Waals surface area contributed by atoms with Crippen LogP contribution in [0.5, 0.6) is 0 Å². The van der Waals surface area contributed by atoms with E-state index in [2.05, 4.69) is 15.3 Å². The maximum atomic E-state index is 12.0. The molecule has 5 nitrogen and oxygen atoms in total. The van der Waals surface area contributed by atoms with Gasteiger partial charge in [-0.15, -0.1) is 11.3 Å². The van der Waals surface area contributed by atoms with Crippen LogP contribution >= 0.6 is 11.3 Å². The zero-order chi connectivity index (χ0) is 13.1. The summed E-state index contributed by atoms with van der Waals surface area (Å²) in [5.74, 6) is -0.162. The zero-order valence-corrected chi connectivity index (χ0v) is 10.9. The van der Waals surface area contributed by atoms with Crippen molar-refractivity contribution in [1.29, 1.82) is 0 Å². The lowest BCUT2D eigenvalue weighted by atomic mass is 10.1. The van der Waals surface area contributed by atoms with Gasteiger partial charge in [0.25, 0.3) is 0 Å². The SMILES string of the molecule is CC(=O)NCc1c(-c2cncs2)[nH]c(C)cc1=O. The maximum Gasteiger partial charge on any atom is 0.217 e. The van der Waals surface area contributed by atoms with E-state index in [1.807, 2.05) is 6.92 Å². The molecule has 0 aliphatic rings. The van der Waals surface area contributed by atoms with Crippen LogP contribution in [-0.2, 0) is 11.3 Å². The Bertz CT molecular complexity index is 617. The molecular formula is C12H13N3O2S. The minimum absolute atomic E-state index is 0.0802. The number of carbonyl (C=O) groups is 1. The fraction of sp³-hybridized carbons (Fsp3) is 0.250. The number of nitrogens with one attached hydrogen (secondary N) is 2. The van der Waals surface area contributed by atoms with E-state index in [0.29, 0.717) is 5.56 Å². The third-order valence-corrected chi connectivity index (χ3v) is 3.25. The molecule has 0 radical (unpaired) electrons. The fourth-order valence-corrected chi connectivity index (χ4v) is 2.30. The van der Waals surface area contributed by atoms with Gasteiger partial charge in [0.05, 0.1) is 16.1 Å². The van der Waals surface area contributed by atoms with Gasteiger partial charge in [0.15, 0.2) is 5.43 Å². The first-order valence-electron chi connectivity index (χ1n) is 5.44. The molecule has 0 aromatic carbocycles. The molecule has 94 valence electrons.